The van der Waals surface area contributed by atoms with Gasteiger partial charge in [-0.15, -0.1) is 0 Å². The fourth-order valence-corrected chi connectivity index (χ4v) is 3.22. The zero-order chi connectivity index (χ0) is 17.8. The number of likely N-dealkylation sites (N-methyl/N-ethyl adjacent to an activating group) is 2. The summed E-state index contributed by atoms with van der Waals surface area (Å²) in [6.45, 7) is 1.71. The molecule has 0 fully saturated rings. The standard InChI is InChI=1S/C14H20N6O4/c1-6-7(4-8(21)9(15)13(23)24)20-12(22)10-11(18(2)5-16-10)19(3)14(20)17-6/h5,8-11,21H,4,15H2,1-3H3,(H,23,24). The topological polar surface area (TPSA) is 137 Å². The van der Waals surface area contributed by atoms with Crippen LogP contribution in [0.2, 0.25) is 0 Å². The maximum atomic E-state index is 12.8. The molecule has 3 rings (SSSR count). The van der Waals surface area contributed by atoms with Gasteiger partial charge in [-0.25, -0.2) is 4.98 Å². The van der Waals surface area contributed by atoms with Gasteiger partial charge >= 0.3 is 5.97 Å². The minimum absolute atomic E-state index is 0.0805. The summed E-state index contributed by atoms with van der Waals surface area (Å²) >= 11 is 0. The van der Waals surface area contributed by atoms with Gasteiger partial charge in [-0.3, -0.25) is 19.1 Å². The lowest BCUT2D eigenvalue weighted by atomic mass is 10.0. The molecule has 0 aliphatic carbocycles. The van der Waals surface area contributed by atoms with Gasteiger partial charge in [-0.05, 0) is 6.92 Å². The first-order valence-electron chi connectivity index (χ1n) is 7.51. The van der Waals surface area contributed by atoms with Gasteiger partial charge in [0.15, 0.2) is 6.04 Å². The Bertz CT molecular complexity index is 729. The summed E-state index contributed by atoms with van der Waals surface area (Å²) in [5, 5.41) is 19.0. The van der Waals surface area contributed by atoms with Crippen molar-refractivity contribution in [1.29, 1.82) is 0 Å². The molecule has 1 aromatic heterocycles. The lowest BCUT2D eigenvalue weighted by molar-refractivity contribution is -0.141. The monoisotopic (exact) mass is 336 g/mol. The van der Waals surface area contributed by atoms with Gasteiger partial charge in [0, 0.05) is 20.5 Å². The summed E-state index contributed by atoms with van der Waals surface area (Å²) in [5.41, 5.74) is 6.47. The summed E-state index contributed by atoms with van der Waals surface area (Å²) < 4.78 is 1.41. The van der Waals surface area contributed by atoms with Crippen LogP contribution >= 0.6 is 0 Å². The van der Waals surface area contributed by atoms with Crippen molar-refractivity contribution >= 4 is 24.2 Å². The van der Waals surface area contributed by atoms with Gasteiger partial charge in [0.1, 0.15) is 12.2 Å². The second-order valence-corrected chi connectivity index (χ2v) is 6.15. The van der Waals surface area contributed by atoms with E-state index >= 15 is 0 Å². The van der Waals surface area contributed by atoms with Crippen molar-refractivity contribution in [2.75, 3.05) is 19.0 Å². The number of nitrogens with two attached hydrogens (primary N) is 1. The van der Waals surface area contributed by atoms with E-state index in [1.807, 2.05) is 23.9 Å². The molecular formula is C14H20N6O4. The molecule has 4 atom stereocenters. The number of rotatable bonds is 4. The Labute approximate surface area is 138 Å². The molecule has 0 aromatic carbocycles. The van der Waals surface area contributed by atoms with E-state index in [1.54, 1.807) is 13.3 Å². The van der Waals surface area contributed by atoms with Crippen LogP contribution in [-0.2, 0) is 11.2 Å². The number of aliphatic carboxylic acids is 1. The van der Waals surface area contributed by atoms with Crippen LogP contribution in [0.4, 0.5) is 5.95 Å². The highest BCUT2D eigenvalue weighted by Crippen LogP contribution is 2.31. The Kier molecular flexibility index (Phi) is 3.80. The fraction of sp³-hybridized carbons (Fsp3) is 0.571. The molecule has 24 heavy (non-hydrogen) atoms. The number of anilines is 1. The summed E-state index contributed by atoms with van der Waals surface area (Å²) in [6.07, 6.45) is -0.0424. The third kappa shape index (κ3) is 2.26. The predicted octanol–water partition coefficient (Wildman–Crippen LogP) is -1.73. The van der Waals surface area contributed by atoms with Crippen molar-refractivity contribution in [3.8, 4) is 0 Å². The zero-order valence-corrected chi connectivity index (χ0v) is 13.6. The van der Waals surface area contributed by atoms with Gasteiger partial charge in [0.2, 0.25) is 5.95 Å². The number of imidazole rings is 1. The Morgan fingerprint density at radius 3 is 2.75 bits per heavy atom. The average Bonchev–Trinajstić information content (AvgIpc) is 3.06. The molecule has 0 saturated heterocycles. The van der Waals surface area contributed by atoms with Gasteiger partial charge in [0.05, 0.1) is 23.8 Å². The maximum absolute atomic E-state index is 12.8. The minimum atomic E-state index is -1.43. The Hall–Kier alpha value is -2.46. The van der Waals surface area contributed by atoms with Crippen LogP contribution in [0.1, 0.15) is 16.2 Å². The molecule has 0 radical (unpaired) electrons. The molecule has 4 unspecified atom stereocenters. The van der Waals surface area contributed by atoms with E-state index in [-0.39, 0.29) is 18.5 Å². The molecule has 0 saturated carbocycles. The second kappa shape index (κ2) is 5.56. The Morgan fingerprint density at radius 1 is 1.46 bits per heavy atom. The van der Waals surface area contributed by atoms with Crippen LogP contribution in [0.15, 0.2) is 4.99 Å². The number of aryl methyl sites for hydroxylation is 1. The predicted molar refractivity (Wildman–Crippen MR) is 85.1 cm³/mol. The molecular weight excluding hydrogens is 316 g/mol. The fourth-order valence-electron chi connectivity index (χ4n) is 3.22. The molecule has 10 heteroatoms. The molecule has 2 aliphatic heterocycles. The van der Waals surface area contributed by atoms with E-state index in [0.717, 1.165) is 0 Å². The maximum Gasteiger partial charge on any atom is 0.323 e. The van der Waals surface area contributed by atoms with Crippen molar-refractivity contribution in [1.82, 2.24) is 14.5 Å². The lowest BCUT2D eigenvalue weighted by Crippen LogP contribution is -2.56. The SMILES string of the molecule is Cc1nc2n(c1CC(O)C(N)C(=O)O)C(=O)C1N=CN(C)C1N2C. The molecule has 130 valence electrons. The van der Waals surface area contributed by atoms with E-state index in [2.05, 4.69) is 9.98 Å². The third-order valence-electron chi connectivity index (χ3n) is 4.55. The highest BCUT2D eigenvalue weighted by molar-refractivity contribution is 5.93. The van der Waals surface area contributed by atoms with Crippen molar-refractivity contribution in [3.05, 3.63) is 11.4 Å². The Morgan fingerprint density at radius 2 is 2.12 bits per heavy atom. The van der Waals surface area contributed by atoms with Crippen LogP contribution in [0.3, 0.4) is 0 Å². The van der Waals surface area contributed by atoms with Crippen molar-refractivity contribution in [2.24, 2.45) is 10.7 Å². The minimum Gasteiger partial charge on any atom is -0.480 e. The van der Waals surface area contributed by atoms with Gasteiger partial charge in [-0.2, -0.15) is 0 Å². The molecule has 0 spiro atoms. The molecule has 4 N–H and O–H groups in total. The number of carbonyl (C=O) groups is 2. The van der Waals surface area contributed by atoms with Crippen LogP contribution in [0.25, 0.3) is 0 Å². The van der Waals surface area contributed by atoms with E-state index in [1.165, 1.54) is 4.57 Å². The van der Waals surface area contributed by atoms with Crippen LogP contribution in [0, 0.1) is 6.92 Å². The number of carboxylic acid groups (broad SMARTS) is 1. The van der Waals surface area contributed by atoms with Crippen molar-refractivity contribution < 1.29 is 19.8 Å². The molecule has 0 amide bonds. The number of aliphatic hydroxyl groups is 1. The summed E-state index contributed by atoms with van der Waals surface area (Å²) in [7, 11) is 3.65. The summed E-state index contributed by atoms with van der Waals surface area (Å²) in [6, 6.07) is -2.03. The number of hydrogen-bond donors (Lipinski definition) is 3. The molecule has 10 nitrogen and oxygen atoms in total. The molecule has 2 aliphatic rings. The first-order valence-corrected chi connectivity index (χ1v) is 7.51. The number of aliphatic imine (C=N–C) groups is 1. The van der Waals surface area contributed by atoms with Crippen LogP contribution < -0.4 is 10.6 Å². The largest absolute Gasteiger partial charge is 0.480 e. The van der Waals surface area contributed by atoms with Crippen molar-refractivity contribution in [3.63, 3.8) is 0 Å². The normalized spacial score (nSPS) is 24.8. The third-order valence-corrected chi connectivity index (χ3v) is 4.55. The van der Waals surface area contributed by atoms with Crippen molar-refractivity contribution in [2.45, 2.75) is 37.7 Å². The first-order chi connectivity index (χ1) is 11.2. The number of carboxylic acids is 1. The van der Waals surface area contributed by atoms with E-state index < -0.39 is 24.2 Å². The van der Waals surface area contributed by atoms with Crippen LogP contribution in [0.5, 0.6) is 0 Å². The van der Waals surface area contributed by atoms with E-state index in [4.69, 9.17) is 10.8 Å². The first kappa shape index (κ1) is 16.4. The molecule has 3 heterocycles. The Balaban J connectivity index is 1.99. The number of carbonyl (C=O) groups excluding carboxylic acids is 1. The van der Waals surface area contributed by atoms with E-state index in [9.17, 15) is 14.7 Å². The second-order valence-electron chi connectivity index (χ2n) is 6.15. The number of hydrogen-bond acceptors (Lipinski definition) is 8. The highest BCUT2D eigenvalue weighted by atomic mass is 16.4. The van der Waals surface area contributed by atoms with Crippen LogP contribution in [-0.4, -0.2) is 81.3 Å². The highest BCUT2D eigenvalue weighted by Gasteiger charge is 2.45. The summed E-state index contributed by atoms with van der Waals surface area (Å²) in [5.74, 6) is -1.10. The van der Waals surface area contributed by atoms with E-state index in [0.29, 0.717) is 17.3 Å². The van der Waals surface area contributed by atoms with Gasteiger partial charge in [-0.1, -0.05) is 0 Å². The van der Waals surface area contributed by atoms with Gasteiger partial charge in [0.25, 0.3) is 5.91 Å². The quantitative estimate of drug-likeness (QED) is 0.589. The number of aromatic nitrogens is 2. The smallest absolute Gasteiger partial charge is 0.323 e. The lowest BCUT2D eigenvalue weighted by Gasteiger charge is -2.37. The molecule has 0 bridgehead atoms. The number of nitrogens with zero attached hydrogens (tertiary/aromatic N) is 5. The number of aliphatic hydroxyl groups excluding tert-OH is 1. The number of fused-ring (bicyclic) bond motifs is 2. The zero-order valence-electron chi connectivity index (χ0n) is 13.6. The molecule has 1 aromatic rings. The van der Waals surface area contributed by atoms with Gasteiger partial charge < -0.3 is 25.7 Å². The average molecular weight is 336 g/mol. The summed E-state index contributed by atoms with van der Waals surface area (Å²) in [4.78, 5) is 36.1.